The summed E-state index contributed by atoms with van der Waals surface area (Å²) in [5.41, 5.74) is 0.763. The number of carbonyl (C=O) groups is 1. The first-order valence-corrected chi connectivity index (χ1v) is 8.34. The fraction of sp³-hybridized carbons (Fsp3) is 0.500. The van der Waals surface area contributed by atoms with E-state index in [1.807, 2.05) is 0 Å². The maximum atomic E-state index is 12.3. The summed E-state index contributed by atoms with van der Waals surface area (Å²) in [5.74, 6) is 0.231. The molecule has 1 fully saturated rings. The van der Waals surface area contributed by atoms with Gasteiger partial charge < -0.3 is 14.2 Å². The van der Waals surface area contributed by atoms with Gasteiger partial charge in [0, 0.05) is 0 Å². The van der Waals surface area contributed by atoms with Gasteiger partial charge >= 0.3 is 5.97 Å². The number of esters is 1. The molecule has 0 saturated heterocycles. The van der Waals surface area contributed by atoms with Gasteiger partial charge in [0.2, 0.25) is 0 Å². The highest BCUT2D eigenvalue weighted by molar-refractivity contribution is 5.93. The van der Waals surface area contributed by atoms with Gasteiger partial charge in [-0.05, 0) is 43.9 Å². The molecule has 6 heteroatoms. The van der Waals surface area contributed by atoms with E-state index in [0.717, 1.165) is 4.48 Å². The molecule has 0 unspecified atom stereocenters. The molecule has 3 rings (SSSR count). The van der Waals surface area contributed by atoms with Crippen LogP contribution in [0.25, 0.3) is 10.9 Å². The van der Waals surface area contributed by atoms with Gasteiger partial charge in [-0.15, -0.1) is 0 Å². The van der Waals surface area contributed by atoms with Crippen molar-refractivity contribution in [3.05, 3.63) is 39.9 Å². The summed E-state index contributed by atoms with van der Waals surface area (Å²) in [7, 11) is 5.71. The van der Waals surface area contributed by atoms with Crippen LogP contribution in [-0.2, 0) is 11.3 Å². The molecule has 0 atom stereocenters. The highest BCUT2D eigenvalue weighted by Crippen LogP contribution is 2.28. The topological polar surface area (TPSA) is 72.1 Å². The second kappa shape index (κ2) is 6.36. The Morgan fingerprint density at radius 2 is 2.04 bits per heavy atom. The van der Waals surface area contributed by atoms with Crippen molar-refractivity contribution in [2.75, 3.05) is 21.2 Å². The molecule has 1 N–H and O–H groups in total. The third kappa shape index (κ3) is 3.19. The van der Waals surface area contributed by atoms with E-state index in [9.17, 15) is 9.59 Å². The maximum absolute atomic E-state index is 12.3. The van der Waals surface area contributed by atoms with E-state index >= 15 is 0 Å². The smallest absolute Gasteiger partial charge is 0.337 e. The van der Waals surface area contributed by atoms with Gasteiger partial charge in [-0.2, -0.15) is 0 Å². The lowest BCUT2D eigenvalue weighted by Gasteiger charge is -2.35. The summed E-state index contributed by atoms with van der Waals surface area (Å²) in [5, 5.41) is 0.484. The minimum Gasteiger partial charge on any atom is -0.465 e. The molecular weight excluding hydrogens is 306 g/mol. The zero-order chi connectivity index (χ0) is 17.3. The van der Waals surface area contributed by atoms with E-state index in [2.05, 4.69) is 24.1 Å². The third-order valence-corrected chi connectivity index (χ3v) is 5.05. The van der Waals surface area contributed by atoms with Crippen LogP contribution in [0.1, 0.15) is 41.9 Å². The molecule has 0 bridgehead atoms. The molecular formula is C18H24N3O3+. The average molecular weight is 330 g/mol. The van der Waals surface area contributed by atoms with Crippen LogP contribution < -0.4 is 5.56 Å². The molecule has 128 valence electrons. The molecule has 0 aliphatic heterocycles. The molecule has 1 aliphatic rings. The summed E-state index contributed by atoms with van der Waals surface area (Å²) in [6, 6.07) is 5.43. The maximum Gasteiger partial charge on any atom is 0.337 e. The molecule has 1 heterocycles. The zero-order valence-corrected chi connectivity index (χ0v) is 14.5. The Morgan fingerprint density at radius 1 is 1.33 bits per heavy atom. The van der Waals surface area contributed by atoms with E-state index < -0.39 is 5.97 Å². The first-order chi connectivity index (χ1) is 11.4. The normalized spacial score (nSPS) is 15.8. The van der Waals surface area contributed by atoms with Crippen molar-refractivity contribution in [2.45, 2.75) is 38.3 Å². The summed E-state index contributed by atoms with van der Waals surface area (Å²) >= 11 is 0. The predicted octanol–water partition coefficient (Wildman–Crippen LogP) is 2.23. The fourth-order valence-corrected chi connectivity index (χ4v) is 3.63. The zero-order valence-electron chi connectivity index (χ0n) is 14.5. The van der Waals surface area contributed by atoms with Crippen molar-refractivity contribution in [3.8, 4) is 0 Å². The largest absolute Gasteiger partial charge is 0.465 e. The number of aromatic amines is 1. The summed E-state index contributed by atoms with van der Waals surface area (Å²) < 4.78 is 5.55. The van der Waals surface area contributed by atoms with Gasteiger partial charge in [0.1, 0.15) is 6.54 Å². The van der Waals surface area contributed by atoms with E-state index in [1.54, 1.807) is 18.2 Å². The highest BCUT2D eigenvalue weighted by Gasteiger charge is 2.32. The Balaban J connectivity index is 1.96. The Hall–Kier alpha value is -2.21. The van der Waals surface area contributed by atoms with Crippen molar-refractivity contribution >= 4 is 16.9 Å². The number of hydrogen-bond donors (Lipinski definition) is 1. The minimum atomic E-state index is -0.428. The van der Waals surface area contributed by atoms with E-state index in [1.165, 1.54) is 32.8 Å². The highest BCUT2D eigenvalue weighted by atomic mass is 16.5. The van der Waals surface area contributed by atoms with Crippen LogP contribution in [0.15, 0.2) is 23.0 Å². The van der Waals surface area contributed by atoms with Gasteiger partial charge in [-0.3, -0.25) is 4.79 Å². The summed E-state index contributed by atoms with van der Waals surface area (Å²) in [6.07, 6.45) is 4.99. The van der Waals surface area contributed by atoms with E-state index in [0.29, 0.717) is 34.9 Å². The molecule has 0 radical (unpaired) electrons. The van der Waals surface area contributed by atoms with Crippen molar-refractivity contribution in [1.29, 1.82) is 0 Å². The van der Waals surface area contributed by atoms with Gasteiger partial charge in [0.05, 0.1) is 43.7 Å². The van der Waals surface area contributed by atoms with Gasteiger partial charge in [0.25, 0.3) is 5.56 Å². The molecule has 1 saturated carbocycles. The molecule has 1 aromatic heterocycles. The SMILES string of the molecule is COC(=O)c1ccc2c(=O)[nH]c(C[N+](C)(C)C3CCCC3)nc2c1. The average Bonchev–Trinajstić information content (AvgIpc) is 3.08. The number of methoxy groups -OCH3 is 1. The fourth-order valence-electron chi connectivity index (χ4n) is 3.63. The van der Waals surface area contributed by atoms with Crippen molar-refractivity contribution < 1.29 is 14.0 Å². The third-order valence-electron chi connectivity index (χ3n) is 5.05. The number of quaternary nitrogens is 1. The van der Waals surface area contributed by atoms with Crippen LogP contribution in [0.2, 0.25) is 0 Å². The van der Waals surface area contributed by atoms with Crippen LogP contribution >= 0.6 is 0 Å². The van der Waals surface area contributed by atoms with Gasteiger partial charge in [0.15, 0.2) is 5.82 Å². The standard InChI is InChI=1S/C18H23N3O3/c1-21(2,13-6-4-5-7-13)11-16-19-15-10-12(18(23)24-3)8-9-14(15)17(22)20-16/h8-10,13H,4-7,11H2,1-3H3/p+1. The summed E-state index contributed by atoms with van der Waals surface area (Å²) in [4.78, 5) is 31.5. The molecule has 24 heavy (non-hydrogen) atoms. The van der Waals surface area contributed by atoms with Crippen LogP contribution in [0, 0.1) is 0 Å². The van der Waals surface area contributed by atoms with Gasteiger partial charge in [-0.1, -0.05) is 0 Å². The quantitative estimate of drug-likeness (QED) is 0.689. The minimum absolute atomic E-state index is 0.169. The van der Waals surface area contributed by atoms with Crippen molar-refractivity contribution in [2.24, 2.45) is 0 Å². The Morgan fingerprint density at radius 3 is 2.71 bits per heavy atom. The number of nitrogens with zero attached hydrogens (tertiary/aromatic N) is 2. The lowest BCUT2D eigenvalue weighted by molar-refractivity contribution is -0.927. The molecule has 1 aromatic carbocycles. The van der Waals surface area contributed by atoms with Crippen LogP contribution in [0.4, 0.5) is 0 Å². The Labute approximate surface area is 141 Å². The van der Waals surface area contributed by atoms with Gasteiger partial charge in [-0.25, -0.2) is 9.78 Å². The van der Waals surface area contributed by atoms with E-state index in [4.69, 9.17) is 4.74 Å². The number of hydrogen-bond acceptors (Lipinski definition) is 4. The number of nitrogens with one attached hydrogen (secondary N) is 1. The molecule has 1 aliphatic carbocycles. The predicted molar refractivity (Wildman–Crippen MR) is 91.8 cm³/mol. The first-order valence-electron chi connectivity index (χ1n) is 8.34. The molecule has 6 nitrogen and oxygen atoms in total. The number of ether oxygens (including phenoxy) is 1. The number of H-pyrrole nitrogens is 1. The molecule has 0 amide bonds. The second-order valence-electron chi connectivity index (χ2n) is 7.11. The van der Waals surface area contributed by atoms with Crippen LogP contribution in [0.3, 0.4) is 0 Å². The summed E-state index contributed by atoms with van der Waals surface area (Å²) in [6.45, 7) is 0.665. The molecule has 0 spiro atoms. The Kier molecular flexibility index (Phi) is 4.41. The first kappa shape index (κ1) is 16.6. The van der Waals surface area contributed by atoms with Crippen LogP contribution in [0.5, 0.6) is 0 Å². The van der Waals surface area contributed by atoms with Crippen LogP contribution in [-0.4, -0.2) is 47.7 Å². The number of carbonyl (C=O) groups excluding carboxylic acids is 1. The number of aromatic nitrogens is 2. The monoisotopic (exact) mass is 330 g/mol. The lowest BCUT2D eigenvalue weighted by atomic mass is 10.1. The Bertz CT molecular complexity index is 820. The van der Waals surface area contributed by atoms with E-state index in [-0.39, 0.29) is 5.56 Å². The number of fused-ring (bicyclic) bond motifs is 1. The molecule has 2 aromatic rings. The van der Waals surface area contributed by atoms with Crippen molar-refractivity contribution in [3.63, 3.8) is 0 Å². The number of benzene rings is 1. The van der Waals surface area contributed by atoms with Crippen molar-refractivity contribution in [1.82, 2.24) is 9.97 Å². The lowest BCUT2D eigenvalue weighted by Crippen LogP contribution is -2.47. The number of rotatable bonds is 4. The second-order valence-corrected chi connectivity index (χ2v) is 7.11.